The molecule has 1 aliphatic rings. The molecule has 24 heavy (non-hydrogen) atoms. The maximum absolute atomic E-state index is 11.9. The molecule has 0 spiro atoms. The zero-order valence-electron chi connectivity index (χ0n) is 12.9. The lowest BCUT2D eigenvalue weighted by Gasteiger charge is -2.19. The van der Waals surface area contributed by atoms with Crippen molar-refractivity contribution < 1.29 is 23.8 Å². The molecule has 1 amide bonds. The number of carbonyl (C=O) groups excluding carboxylic acids is 2. The molecule has 2 heterocycles. The maximum Gasteiger partial charge on any atom is 0.306 e. The standard InChI is InChI=1S/C17H17NO5S/c19-16(10-23-17(20)4-1-12-5-8-24-11-12)18-13-2-3-14-15(9-13)22-7-6-21-14/h2-3,5,8-9,11H,1,4,6-7,10H2,(H,18,19). The van der Waals surface area contributed by atoms with Gasteiger partial charge in [-0.2, -0.15) is 11.3 Å². The Morgan fingerprint density at radius 1 is 1.17 bits per heavy atom. The van der Waals surface area contributed by atoms with Gasteiger partial charge in [-0.25, -0.2) is 0 Å². The van der Waals surface area contributed by atoms with Crippen molar-refractivity contribution in [1.82, 2.24) is 0 Å². The van der Waals surface area contributed by atoms with E-state index in [1.807, 2.05) is 16.8 Å². The summed E-state index contributed by atoms with van der Waals surface area (Å²) < 4.78 is 15.8. The second kappa shape index (κ2) is 7.83. The lowest BCUT2D eigenvalue weighted by Crippen LogP contribution is -2.21. The molecule has 6 nitrogen and oxygen atoms in total. The van der Waals surface area contributed by atoms with Crippen molar-refractivity contribution in [2.75, 3.05) is 25.1 Å². The van der Waals surface area contributed by atoms with Crippen molar-refractivity contribution in [3.63, 3.8) is 0 Å². The summed E-state index contributed by atoms with van der Waals surface area (Å²) in [5.74, 6) is 0.458. The summed E-state index contributed by atoms with van der Waals surface area (Å²) in [5.41, 5.74) is 1.66. The minimum atomic E-state index is -0.393. The van der Waals surface area contributed by atoms with Crippen molar-refractivity contribution in [1.29, 1.82) is 0 Å². The highest BCUT2D eigenvalue weighted by molar-refractivity contribution is 7.07. The highest BCUT2D eigenvalue weighted by Crippen LogP contribution is 2.32. The molecule has 0 saturated carbocycles. The van der Waals surface area contributed by atoms with E-state index in [1.165, 1.54) is 0 Å². The van der Waals surface area contributed by atoms with Crippen LogP contribution in [0.2, 0.25) is 0 Å². The Hall–Kier alpha value is -2.54. The summed E-state index contributed by atoms with van der Waals surface area (Å²) in [4.78, 5) is 23.5. The summed E-state index contributed by atoms with van der Waals surface area (Å²) in [6, 6.07) is 7.10. The molecule has 2 aromatic rings. The van der Waals surface area contributed by atoms with Gasteiger partial charge in [0.25, 0.3) is 5.91 Å². The number of rotatable bonds is 6. The molecular formula is C17H17NO5S. The molecule has 0 bridgehead atoms. The van der Waals surface area contributed by atoms with E-state index in [2.05, 4.69) is 5.32 Å². The number of aryl methyl sites for hydroxylation is 1. The Morgan fingerprint density at radius 3 is 2.79 bits per heavy atom. The van der Waals surface area contributed by atoms with Crippen LogP contribution in [-0.4, -0.2) is 31.7 Å². The zero-order chi connectivity index (χ0) is 16.8. The number of ether oxygens (including phenoxy) is 3. The summed E-state index contributed by atoms with van der Waals surface area (Å²) in [5, 5.41) is 6.61. The van der Waals surface area contributed by atoms with Crippen LogP contribution in [0.3, 0.4) is 0 Å². The Balaban J connectivity index is 1.43. The van der Waals surface area contributed by atoms with Gasteiger partial charge in [0.05, 0.1) is 0 Å². The van der Waals surface area contributed by atoms with Crippen LogP contribution >= 0.6 is 11.3 Å². The van der Waals surface area contributed by atoms with Gasteiger partial charge in [0, 0.05) is 18.2 Å². The molecule has 0 unspecified atom stereocenters. The van der Waals surface area contributed by atoms with E-state index in [-0.39, 0.29) is 13.0 Å². The highest BCUT2D eigenvalue weighted by atomic mass is 32.1. The molecule has 0 radical (unpaired) electrons. The molecule has 0 fully saturated rings. The van der Waals surface area contributed by atoms with E-state index >= 15 is 0 Å². The van der Waals surface area contributed by atoms with Crippen LogP contribution in [0, 0.1) is 0 Å². The monoisotopic (exact) mass is 347 g/mol. The molecule has 1 aromatic heterocycles. The van der Waals surface area contributed by atoms with E-state index in [4.69, 9.17) is 14.2 Å². The van der Waals surface area contributed by atoms with E-state index in [0.717, 1.165) is 5.56 Å². The van der Waals surface area contributed by atoms with Crippen LogP contribution in [0.25, 0.3) is 0 Å². The molecule has 1 aliphatic heterocycles. The third kappa shape index (κ3) is 4.48. The van der Waals surface area contributed by atoms with Crippen LogP contribution < -0.4 is 14.8 Å². The average molecular weight is 347 g/mol. The molecular weight excluding hydrogens is 330 g/mol. The summed E-state index contributed by atoms with van der Waals surface area (Å²) in [6.45, 7) is 0.684. The van der Waals surface area contributed by atoms with Gasteiger partial charge in [-0.3, -0.25) is 9.59 Å². The predicted molar refractivity (Wildman–Crippen MR) is 89.7 cm³/mol. The Morgan fingerprint density at radius 2 is 2.00 bits per heavy atom. The van der Waals surface area contributed by atoms with Gasteiger partial charge in [0.2, 0.25) is 0 Å². The van der Waals surface area contributed by atoms with Gasteiger partial charge >= 0.3 is 5.97 Å². The second-order valence-electron chi connectivity index (χ2n) is 5.20. The van der Waals surface area contributed by atoms with E-state index < -0.39 is 11.9 Å². The lowest BCUT2D eigenvalue weighted by molar-refractivity contribution is -0.147. The lowest BCUT2D eigenvalue weighted by atomic mass is 10.2. The van der Waals surface area contributed by atoms with Crippen LogP contribution in [-0.2, 0) is 20.7 Å². The molecule has 0 aliphatic carbocycles. The SMILES string of the molecule is O=C(COC(=O)CCc1ccsc1)Nc1ccc2c(c1)OCCO2. The molecule has 1 aromatic carbocycles. The summed E-state index contributed by atoms with van der Waals surface area (Å²) in [6.07, 6.45) is 0.875. The van der Waals surface area contributed by atoms with Gasteiger partial charge in [0.15, 0.2) is 18.1 Å². The molecule has 7 heteroatoms. The number of thiophene rings is 1. The predicted octanol–water partition coefficient (Wildman–Crippen LogP) is 2.63. The van der Waals surface area contributed by atoms with Gasteiger partial charge in [-0.1, -0.05) is 0 Å². The molecule has 1 N–H and O–H groups in total. The molecule has 0 atom stereocenters. The second-order valence-corrected chi connectivity index (χ2v) is 5.98. The van der Waals surface area contributed by atoms with Gasteiger partial charge in [-0.15, -0.1) is 0 Å². The summed E-state index contributed by atoms with van der Waals surface area (Å²) >= 11 is 1.59. The fraction of sp³-hybridized carbons (Fsp3) is 0.294. The summed E-state index contributed by atoms with van der Waals surface area (Å²) in [7, 11) is 0. The van der Waals surface area contributed by atoms with Crippen molar-refractivity contribution in [3.05, 3.63) is 40.6 Å². The highest BCUT2D eigenvalue weighted by Gasteiger charge is 2.13. The number of hydrogen-bond acceptors (Lipinski definition) is 6. The number of hydrogen-bond donors (Lipinski definition) is 1. The number of amides is 1. The fourth-order valence-electron chi connectivity index (χ4n) is 2.22. The van der Waals surface area contributed by atoms with E-state index in [1.54, 1.807) is 29.5 Å². The fourth-order valence-corrected chi connectivity index (χ4v) is 2.92. The number of fused-ring (bicyclic) bond motifs is 1. The minimum absolute atomic E-state index is 0.258. The van der Waals surface area contributed by atoms with E-state index in [0.29, 0.717) is 36.8 Å². The number of carbonyl (C=O) groups is 2. The molecule has 3 rings (SSSR count). The Labute approximate surface area is 143 Å². The smallest absolute Gasteiger partial charge is 0.306 e. The zero-order valence-corrected chi connectivity index (χ0v) is 13.8. The van der Waals surface area contributed by atoms with Gasteiger partial charge < -0.3 is 19.5 Å². The third-order valence-corrected chi connectivity index (χ3v) is 4.12. The number of esters is 1. The van der Waals surface area contributed by atoms with Crippen LogP contribution in [0.4, 0.5) is 5.69 Å². The van der Waals surface area contributed by atoms with E-state index in [9.17, 15) is 9.59 Å². The normalized spacial score (nSPS) is 12.5. The van der Waals surface area contributed by atoms with Crippen LogP contribution in [0.5, 0.6) is 11.5 Å². The first-order valence-corrected chi connectivity index (χ1v) is 8.51. The first kappa shape index (κ1) is 16.3. The number of anilines is 1. The van der Waals surface area contributed by atoms with Crippen molar-refractivity contribution in [3.8, 4) is 11.5 Å². The first-order chi connectivity index (χ1) is 11.7. The van der Waals surface area contributed by atoms with Gasteiger partial charge in [-0.05, 0) is 40.9 Å². The van der Waals surface area contributed by atoms with Crippen molar-refractivity contribution in [2.45, 2.75) is 12.8 Å². The quantitative estimate of drug-likeness (QED) is 0.813. The Bertz CT molecular complexity index is 714. The largest absolute Gasteiger partial charge is 0.486 e. The minimum Gasteiger partial charge on any atom is -0.486 e. The van der Waals surface area contributed by atoms with Crippen molar-refractivity contribution >= 4 is 28.9 Å². The third-order valence-electron chi connectivity index (χ3n) is 3.39. The molecule has 126 valence electrons. The van der Waals surface area contributed by atoms with Crippen LogP contribution in [0.15, 0.2) is 35.0 Å². The maximum atomic E-state index is 11.9. The van der Waals surface area contributed by atoms with Crippen molar-refractivity contribution in [2.24, 2.45) is 0 Å². The van der Waals surface area contributed by atoms with Crippen LogP contribution in [0.1, 0.15) is 12.0 Å². The average Bonchev–Trinajstić information content (AvgIpc) is 3.11. The number of benzene rings is 1. The topological polar surface area (TPSA) is 73.9 Å². The van der Waals surface area contributed by atoms with Gasteiger partial charge in [0.1, 0.15) is 13.2 Å². The number of nitrogens with one attached hydrogen (secondary N) is 1. The molecule has 0 saturated heterocycles. The first-order valence-electron chi connectivity index (χ1n) is 7.57. The Kier molecular flexibility index (Phi) is 5.32.